The Hall–Kier alpha value is -0.930. The van der Waals surface area contributed by atoms with Crippen LogP contribution in [0.5, 0.6) is 0 Å². The first kappa shape index (κ1) is 16.1. The Morgan fingerprint density at radius 2 is 1.84 bits per heavy atom. The van der Waals surface area contributed by atoms with Gasteiger partial charge in [-0.05, 0) is 48.4 Å². The quantitative estimate of drug-likeness (QED) is 0.795. The van der Waals surface area contributed by atoms with E-state index in [0.29, 0.717) is 24.3 Å². The molecule has 0 spiro atoms. The van der Waals surface area contributed by atoms with Crippen LogP contribution in [0.25, 0.3) is 0 Å². The van der Waals surface area contributed by atoms with Crippen LogP contribution in [0.3, 0.4) is 0 Å². The minimum absolute atomic E-state index is 0.202. The Bertz CT molecular complexity index is 366. The van der Waals surface area contributed by atoms with E-state index >= 15 is 0 Å². The van der Waals surface area contributed by atoms with Crippen LogP contribution in [0.15, 0.2) is 18.5 Å². The zero-order valence-electron chi connectivity index (χ0n) is 13.0. The summed E-state index contributed by atoms with van der Waals surface area (Å²) >= 11 is 0. The number of hydrogen-bond donors (Lipinski definition) is 2. The Kier molecular flexibility index (Phi) is 6.46. The molecule has 0 aliphatic heterocycles. The van der Waals surface area contributed by atoms with Gasteiger partial charge in [-0.15, -0.1) is 0 Å². The molecule has 0 aliphatic rings. The highest BCUT2D eigenvalue weighted by atomic mass is 14.9. The zero-order valence-corrected chi connectivity index (χ0v) is 13.0. The predicted octanol–water partition coefficient (Wildman–Crippen LogP) is 2.91. The zero-order chi connectivity index (χ0) is 14.4. The van der Waals surface area contributed by atoms with Crippen LogP contribution in [-0.4, -0.2) is 18.1 Å². The molecule has 1 atom stereocenters. The number of rotatable bonds is 7. The first-order valence-electron chi connectivity index (χ1n) is 7.31. The number of aromatic nitrogens is 1. The number of nitrogens with two attached hydrogens (primary N) is 1. The topological polar surface area (TPSA) is 50.9 Å². The molecule has 0 fully saturated rings. The van der Waals surface area contributed by atoms with Crippen molar-refractivity contribution in [2.45, 2.75) is 40.7 Å². The SMILES string of the molecule is Cc1ccncc1C(CN)NCC(C(C)C)C(C)C. The summed E-state index contributed by atoms with van der Waals surface area (Å²) in [5.41, 5.74) is 8.39. The molecule has 1 rings (SSSR count). The van der Waals surface area contributed by atoms with Gasteiger partial charge in [-0.1, -0.05) is 27.7 Å². The van der Waals surface area contributed by atoms with Crippen LogP contribution in [0.4, 0.5) is 0 Å². The lowest BCUT2D eigenvalue weighted by Gasteiger charge is -2.28. The summed E-state index contributed by atoms with van der Waals surface area (Å²) in [5.74, 6) is 2.04. The maximum Gasteiger partial charge on any atom is 0.0462 e. The van der Waals surface area contributed by atoms with Crippen molar-refractivity contribution in [2.24, 2.45) is 23.5 Å². The second-order valence-electron chi connectivity index (χ2n) is 6.08. The molecule has 0 aromatic carbocycles. The standard InChI is InChI=1S/C16H29N3/c1-11(2)14(12(3)4)10-19-16(8-17)15-9-18-7-6-13(15)5/h6-7,9,11-12,14,16,19H,8,10,17H2,1-5H3. The number of nitrogens with one attached hydrogen (secondary N) is 1. The largest absolute Gasteiger partial charge is 0.329 e. The fourth-order valence-corrected chi connectivity index (χ4v) is 2.68. The summed E-state index contributed by atoms with van der Waals surface area (Å²) in [6.07, 6.45) is 3.76. The molecular weight excluding hydrogens is 234 g/mol. The van der Waals surface area contributed by atoms with Crippen molar-refractivity contribution in [1.29, 1.82) is 0 Å². The van der Waals surface area contributed by atoms with Crippen molar-refractivity contribution in [3.8, 4) is 0 Å². The third-order valence-corrected chi connectivity index (χ3v) is 4.00. The summed E-state index contributed by atoms with van der Waals surface area (Å²) in [5, 5.41) is 3.62. The Morgan fingerprint density at radius 3 is 2.32 bits per heavy atom. The van der Waals surface area contributed by atoms with E-state index in [9.17, 15) is 0 Å². The molecule has 3 nitrogen and oxygen atoms in total. The van der Waals surface area contributed by atoms with E-state index < -0.39 is 0 Å². The predicted molar refractivity (Wildman–Crippen MR) is 81.9 cm³/mol. The van der Waals surface area contributed by atoms with Gasteiger partial charge in [0, 0.05) is 25.0 Å². The van der Waals surface area contributed by atoms with Crippen molar-refractivity contribution < 1.29 is 0 Å². The average molecular weight is 263 g/mol. The van der Waals surface area contributed by atoms with Gasteiger partial charge in [0.25, 0.3) is 0 Å². The highest BCUT2D eigenvalue weighted by Gasteiger charge is 2.19. The molecule has 3 heteroatoms. The first-order chi connectivity index (χ1) is 8.97. The highest BCUT2D eigenvalue weighted by Crippen LogP contribution is 2.21. The summed E-state index contributed by atoms with van der Waals surface area (Å²) in [4.78, 5) is 4.22. The minimum atomic E-state index is 0.202. The van der Waals surface area contributed by atoms with Crippen LogP contribution in [0.2, 0.25) is 0 Å². The van der Waals surface area contributed by atoms with E-state index in [2.05, 4.69) is 44.9 Å². The molecule has 108 valence electrons. The second-order valence-corrected chi connectivity index (χ2v) is 6.08. The molecule has 0 amide bonds. The lowest BCUT2D eigenvalue weighted by molar-refractivity contribution is 0.266. The van der Waals surface area contributed by atoms with Crippen molar-refractivity contribution in [3.63, 3.8) is 0 Å². The molecular formula is C16H29N3. The monoisotopic (exact) mass is 263 g/mol. The van der Waals surface area contributed by atoms with Gasteiger partial charge in [-0.25, -0.2) is 0 Å². The summed E-state index contributed by atoms with van der Waals surface area (Å²) < 4.78 is 0. The molecule has 1 aromatic rings. The van der Waals surface area contributed by atoms with Gasteiger partial charge in [-0.3, -0.25) is 4.98 Å². The highest BCUT2D eigenvalue weighted by molar-refractivity contribution is 5.25. The van der Waals surface area contributed by atoms with Crippen LogP contribution in [-0.2, 0) is 0 Å². The van der Waals surface area contributed by atoms with Crippen LogP contribution >= 0.6 is 0 Å². The Balaban J connectivity index is 2.70. The van der Waals surface area contributed by atoms with Gasteiger partial charge in [0.05, 0.1) is 0 Å². The van der Waals surface area contributed by atoms with Crippen LogP contribution in [0.1, 0.15) is 44.9 Å². The van der Waals surface area contributed by atoms with Gasteiger partial charge < -0.3 is 11.1 Å². The van der Waals surface area contributed by atoms with Crippen molar-refractivity contribution >= 4 is 0 Å². The van der Waals surface area contributed by atoms with E-state index in [0.717, 1.165) is 6.54 Å². The summed E-state index contributed by atoms with van der Waals surface area (Å²) in [7, 11) is 0. The Morgan fingerprint density at radius 1 is 1.21 bits per heavy atom. The maximum atomic E-state index is 5.92. The molecule has 3 N–H and O–H groups in total. The lowest BCUT2D eigenvalue weighted by Crippen LogP contribution is -2.36. The van der Waals surface area contributed by atoms with E-state index in [1.165, 1.54) is 11.1 Å². The minimum Gasteiger partial charge on any atom is -0.329 e. The van der Waals surface area contributed by atoms with Gasteiger partial charge in [0.1, 0.15) is 0 Å². The smallest absolute Gasteiger partial charge is 0.0462 e. The third kappa shape index (κ3) is 4.59. The van der Waals surface area contributed by atoms with E-state index in [-0.39, 0.29) is 6.04 Å². The van der Waals surface area contributed by atoms with Crippen LogP contribution in [0, 0.1) is 24.7 Å². The second kappa shape index (κ2) is 7.61. The normalized spacial score (nSPS) is 13.5. The number of hydrogen-bond acceptors (Lipinski definition) is 3. The third-order valence-electron chi connectivity index (χ3n) is 4.00. The van der Waals surface area contributed by atoms with Gasteiger partial charge in [-0.2, -0.15) is 0 Å². The van der Waals surface area contributed by atoms with E-state index in [1.54, 1.807) is 0 Å². The molecule has 1 unspecified atom stereocenters. The molecule has 0 aliphatic carbocycles. The van der Waals surface area contributed by atoms with Gasteiger partial charge in [0.15, 0.2) is 0 Å². The number of pyridine rings is 1. The molecule has 0 saturated carbocycles. The maximum absolute atomic E-state index is 5.92. The van der Waals surface area contributed by atoms with Gasteiger partial charge in [0.2, 0.25) is 0 Å². The lowest BCUT2D eigenvalue weighted by atomic mass is 9.85. The van der Waals surface area contributed by atoms with Crippen molar-refractivity contribution in [2.75, 3.05) is 13.1 Å². The van der Waals surface area contributed by atoms with Crippen molar-refractivity contribution in [1.82, 2.24) is 10.3 Å². The molecule has 0 bridgehead atoms. The molecule has 0 saturated heterocycles. The van der Waals surface area contributed by atoms with E-state index in [4.69, 9.17) is 5.73 Å². The fraction of sp³-hybridized carbons (Fsp3) is 0.688. The number of aryl methyl sites for hydroxylation is 1. The average Bonchev–Trinajstić information content (AvgIpc) is 2.35. The van der Waals surface area contributed by atoms with E-state index in [1.807, 2.05) is 18.5 Å². The Labute approximate surface area is 118 Å². The number of nitrogens with zero attached hydrogens (tertiary/aromatic N) is 1. The molecule has 0 radical (unpaired) electrons. The van der Waals surface area contributed by atoms with Crippen molar-refractivity contribution in [3.05, 3.63) is 29.6 Å². The first-order valence-corrected chi connectivity index (χ1v) is 7.31. The van der Waals surface area contributed by atoms with Crippen LogP contribution < -0.4 is 11.1 Å². The fourth-order valence-electron chi connectivity index (χ4n) is 2.68. The van der Waals surface area contributed by atoms with Gasteiger partial charge >= 0.3 is 0 Å². The molecule has 1 aromatic heterocycles. The molecule has 1 heterocycles. The summed E-state index contributed by atoms with van der Waals surface area (Å²) in [6.45, 7) is 12.9. The summed E-state index contributed by atoms with van der Waals surface area (Å²) in [6, 6.07) is 2.25. The molecule has 19 heavy (non-hydrogen) atoms.